The highest BCUT2D eigenvalue weighted by atomic mass is 16.3. The molecule has 2 heterocycles. The first-order valence-corrected chi connectivity index (χ1v) is 4.53. The zero-order chi connectivity index (χ0) is 11.0. The first kappa shape index (κ1) is 9.78. The first-order valence-electron chi connectivity index (χ1n) is 4.53. The Kier molecular flexibility index (Phi) is 2.24. The van der Waals surface area contributed by atoms with E-state index in [1.165, 1.54) is 10.9 Å². The van der Waals surface area contributed by atoms with Crippen LogP contribution in [0.3, 0.4) is 0 Å². The average molecular weight is 209 g/mol. The zero-order valence-corrected chi connectivity index (χ0v) is 8.45. The lowest BCUT2D eigenvalue weighted by Crippen LogP contribution is -2.28. The molecular formula is C8H11N5O2. The van der Waals surface area contributed by atoms with Gasteiger partial charge < -0.3 is 5.11 Å². The Bertz CT molecular complexity index is 541. The lowest BCUT2D eigenvalue weighted by Gasteiger charge is -2.04. The van der Waals surface area contributed by atoms with Crippen LogP contribution in [0, 0.1) is 0 Å². The summed E-state index contributed by atoms with van der Waals surface area (Å²) in [4.78, 5) is 11.8. The van der Waals surface area contributed by atoms with Crippen LogP contribution in [-0.4, -0.2) is 36.0 Å². The van der Waals surface area contributed by atoms with Crippen LogP contribution in [0.5, 0.6) is 0 Å². The van der Waals surface area contributed by atoms with Gasteiger partial charge in [0.05, 0.1) is 18.8 Å². The van der Waals surface area contributed by atoms with Crippen molar-refractivity contribution in [1.82, 2.24) is 24.8 Å². The summed E-state index contributed by atoms with van der Waals surface area (Å²) in [5.74, 6) is 0. The van der Waals surface area contributed by atoms with Crippen LogP contribution in [0.1, 0.15) is 6.92 Å². The molecule has 0 spiro atoms. The minimum absolute atomic E-state index is 0.136. The molecular weight excluding hydrogens is 198 g/mol. The fourth-order valence-corrected chi connectivity index (χ4v) is 1.35. The van der Waals surface area contributed by atoms with Crippen molar-refractivity contribution < 1.29 is 5.11 Å². The van der Waals surface area contributed by atoms with Gasteiger partial charge in [-0.15, -0.1) is 5.10 Å². The zero-order valence-electron chi connectivity index (χ0n) is 8.45. The molecule has 0 aliphatic heterocycles. The van der Waals surface area contributed by atoms with Gasteiger partial charge in [0.2, 0.25) is 0 Å². The summed E-state index contributed by atoms with van der Waals surface area (Å²) in [7, 11) is 1.69. The van der Waals surface area contributed by atoms with Gasteiger partial charge in [0.1, 0.15) is 5.39 Å². The quantitative estimate of drug-likeness (QED) is 0.679. The third-order valence-corrected chi connectivity index (χ3v) is 2.06. The van der Waals surface area contributed by atoms with E-state index in [1.807, 2.05) is 0 Å². The number of aliphatic hydroxyl groups excluding tert-OH is 1. The van der Waals surface area contributed by atoms with Gasteiger partial charge >= 0.3 is 0 Å². The Hall–Kier alpha value is -1.76. The van der Waals surface area contributed by atoms with Gasteiger partial charge in [-0.25, -0.2) is 9.36 Å². The molecule has 0 saturated heterocycles. The van der Waals surface area contributed by atoms with E-state index in [1.54, 1.807) is 14.0 Å². The van der Waals surface area contributed by atoms with Crippen LogP contribution in [0.2, 0.25) is 0 Å². The topological polar surface area (TPSA) is 85.8 Å². The van der Waals surface area contributed by atoms with E-state index in [0.29, 0.717) is 11.0 Å². The van der Waals surface area contributed by atoms with E-state index in [-0.39, 0.29) is 12.1 Å². The van der Waals surface area contributed by atoms with Crippen molar-refractivity contribution in [1.29, 1.82) is 0 Å². The van der Waals surface area contributed by atoms with E-state index in [4.69, 9.17) is 5.11 Å². The molecule has 7 heteroatoms. The normalized spacial score (nSPS) is 13.3. The fourth-order valence-electron chi connectivity index (χ4n) is 1.35. The Labute approximate surface area is 84.9 Å². The smallest absolute Gasteiger partial charge is 0.280 e. The second kappa shape index (κ2) is 3.43. The predicted molar refractivity (Wildman–Crippen MR) is 52.2 cm³/mol. The molecule has 0 aliphatic rings. The molecule has 0 fully saturated rings. The summed E-state index contributed by atoms with van der Waals surface area (Å²) >= 11 is 0. The highest BCUT2D eigenvalue weighted by Crippen LogP contribution is 2.01. The maximum Gasteiger partial charge on any atom is 0.280 e. The third kappa shape index (κ3) is 1.61. The van der Waals surface area contributed by atoms with Gasteiger partial charge in [0, 0.05) is 7.05 Å². The van der Waals surface area contributed by atoms with Gasteiger partial charge in [-0.05, 0) is 6.92 Å². The molecule has 1 unspecified atom stereocenters. The molecule has 1 N–H and O–H groups in total. The minimum Gasteiger partial charge on any atom is -0.391 e. The van der Waals surface area contributed by atoms with E-state index in [0.717, 1.165) is 4.68 Å². The minimum atomic E-state index is -0.633. The first-order chi connectivity index (χ1) is 7.09. The Morgan fingerprint density at radius 1 is 1.60 bits per heavy atom. The van der Waals surface area contributed by atoms with E-state index < -0.39 is 6.10 Å². The van der Waals surface area contributed by atoms with Gasteiger partial charge in [0.25, 0.3) is 5.56 Å². The van der Waals surface area contributed by atoms with Gasteiger partial charge in [0.15, 0.2) is 5.65 Å². The number of aryl methyl sites for hydroxylation is 1. The third-order valence-electron chi connectivity index (χ3n) is 2.06. The van der Waals surface area contributed by atoms with E-state index in [2.05, 4.69) is 15.4 Å². The maximum absolute atomic E-state index is 11.8. The SMILES string of the molecule is CC(O)Cn1nnc2c(cnn2C)c1=O. The average Bonchev–Trinajstić information content (AvgIpc) is 2.53. The largest absolute Gasteiger partial charge is 0.391 e. The van der Waals surface area contributed by atoms with Crippen LogP contribution in [0.25, 0.3) is 11.0 Å². The number of rotatable bonds is 2. The van der Waals surface area contributed by atoms with Crippen molar-refractivity contribution in [3.8, 4) is 0 Å². The van der Waals surface area contributed by atoms with Gasteiger partial charge in [-0.2, -0.15) is 5.10 Å². The van der Waals surface area contributed by atoms with Crippen LogP contribution in [0.4, 0.5) is 0 Å². The van der Waals surface area contributed by atoms with Crippen LogP contribution >= 0.6 is 0 Å². The number of hydrogen-bond acceptors (Lipinski definition) is 5. The molecule has 0 aliphatic carbocycles. The van der Waals surface area contributed by atoms with Crippen LogP contribution in [0.15, 0.2) is 11.0 Å². The summed E-state index contributed by atoms with van der Waals surface area (Å²) in [6.07, 6.45) is 0.816. The molecule has 0 amide bonds. The summed E-state index contributed by atoms with van der Waals surface area (Å²) in [6, 6.07) is 0. The number of aliphatic hydroxyl groups is 1. The standard InChI is InChI=1S/C8H11N5O2/c1-5(14)4-13-8(15)6-3-9-12(2)7(6)10-11-13/h3,5,14H,4H2,1-2H3. The Balaban J connectivity index is 2.61. The predicted octanol–water partition coefficient (Wildman–Crippen LogP) is -1.09. The number of hydrogen-bond donors (Lipinski definition) is 1. The number of fused-ring (bicyclic) bond motifs is 1. The molecule has 2 aromatic heterocycles. The summed E-state index contributed by atoms with van der Waals surface area (Å²) in [5.41, 5.74) is 0.163. The monoisotopic (exact) mass is 209 g/mol. The van der Waals surface area contributed by atoms with Crippen molar-refractivity contribution in [3.05, 3.63) is 16.6 Å². The highest BCUT2D eigenvalue weighted by Gasteiger charge is 2.10. The second-order valence-corrected chi connectivity index (χ2v) is 3.43. The Morgan fingerprint density at radius 2 is 2.33 bits per heavy atom. The lowest BCUT2D eigenvalue weighted by atomic mass is 10.4. The molecule has 15 heavy (non-hydrogen) atoms. The van der Waals surface area contributed by atoms with Crippen molar-refractivity contribution >= 4 is 11.0 Å². The molecule has 80 valence electrons. The molecule has 0 bridgehead atoms. The lowest BCUT2D eigenvalue weighted by molar-refractivity contribution is 0.165. The number of nitrogens with zero attached hydrogens (tertiary/aromatic N) is 5. The van der Waals surface area contributed by atoms with Crippen LogP contribution in [-0.2, 0) is 13.6 Å². The molecule has 0 aromatic carbocycles. The van der Waals surface area contributed by atoms with E-state index >= 15 is 0 Å². The van der Waals surface area contributed by atoms with Crippen molar-refractivity contribution in [2.45, 2.75) is 19.6 Å². The highest BCUT2D eigenvalue weighted by molar-refractivity contribution is 5.72. The molecule has 0 radical (unpaired) electrons. The molecule has 0 saturated carbocycles. The summed E-state index contributed by atoms with van der Waals surface area (Å²) < 4.78 is 2.62. The van der Waals surface area contributed by atoms with Gasteiger partial charge in [-0.3, -0.25) is 4.79 Å². The molecule has 7 nitrogen and oxygen atoms in total. The van der Waals surface area contributed by atoms with Crippen LogP contribution < -0.4 is 5.56 Å². The molecule has 2 aromatic rings. The number of aromatic nitrogens is 5. The summed E-state index contributed by atoms with van der Waals surface area (Å²) in [5, 5.41) is 21.1. The van der Waals surface area contributed by atoms with Crippen molar-refractivity contribution in [2.75, 3.05) is 0 Å². The molecule has 2 rings (SSSR count). The van der Waals surface area contributed by atoms with E-state index in [9.17, 15) is 4.79 Å². The van der Waals surface area contributed by atoms with Gasteiger partial charge in [-0.1, -0.05) is 5.21 Å². The summed E-state index contributed by atoms with van der Waals surface area (Å²) in [6.45, 7) is 1.72. The maximum atomic E-state index is 11.8. The molecule has 1 atom stereocenters. The van der Waals surface area contributed by atoms with Crippen molar-refractivity contribution in [3.63, 3.8) is 0 Å². The van der Waals surface area contributed by atoms with Crippen molar-refractivity contribution in [2.24, 2.45) is 7.05 Å². The fraction of sp³-hybridized carbons (Fsp3) is 0.500. The second-order valence-electron chi connectivity index (χ2n) is 3.43. The Morgan fingerprint density at radius 3 is 3.00 bits per heavy atom.